The molecule has 2 N–H and O–H groups in total. The number of nitrogens with zero attached hydrogens (tertiary/aromatic N) is 4. The quantitative estimate of drug-likeness (QED) is 0.0909. The molecule has 0 aliphatic heterocycles. The molecule has 4 aromatic rings. The van der Waals surface area contributed by atoms with Gasteiger partial charge in [-0.2, -0.15) is 5.10 Å². The highest BCUT2D eigenvalue weighted by Crippen LogP contribution is 2.23. The number of para-hydroxylation sites is 1. The largest absolute Gasteiger partial charge is 0.488 e. The van der Waals surface area contributed by atoms with Gasteiger partial charge in [-0.05, 0) is 48.9 Å². The van der Waals surface area contributed by atoms with Gasteiger partial charge in [-0.15, -0.1) is 16.8 Å². The molecule has 0 saturated heterocycles. The van der Waals surface area contributed by atoms with Gasteiger partial charge in [-0.3, -0.25) is 4.79 Å². The molecule has 1 heterocycles. The molecule has 1 amide bonds. The summed E-state index contributed by atoms with van der Waals surface area (Å²) in [6.07, 6.45) is 3.35. The topological polar surface area (TPSA) is 93.4 Å². The van der Waals surface area contributed by atoms with Crippen LogP contribution in [0.3, 0.4) is 0 Å². The van der Waals surface area contributed by atoms with Crippen LogP contribution in [0.4, 0.5) is 5.69 Å². The van der Waals surface area contributed by atoms with Gasteiger partial charge in [0, 0.05) is 22.8 Å². The Morgan fingerprint density at radius 2 is 1.85 bits per heavy atom. The van der Waals surface area contributed by atoms with Crippen molar-refractivity contribution in [3.8, 4) is 5.75 Å². The fraction of sp³-hybridized carbons (Fsp3) is 0.172. The van der Waals surface area contributed by atoms with E-state index in [4.69, 9.17) is 16.3 Å². The van der Waals surface area contributed by atoms with Crippen molar-refractivity contribution >= 4 is 41.2 Å². The summed E-state index contributed by atoms with van der Waals surface area (Å²) >= 11 is 7.26. The van der Waals surface area contributed by atoms with E-state index in [1.807, 2.05) is 83.4 Å². The van der Waals surface area contributed by atoms with E-state index in [0.29, 0.717) is 35.6 Å². The number of nitrogens with one attached hydrogen (secondary N) is 2. The third kappa shape index (κ3) is 8.20. The summed E-state index contributed by atoms with van der Waals surface area (Å²) in [5.74, 6) is 1.15. The molecule has 0 radical (unpaired) electrons. The number of thioether (sulfide) groups is 1. The van der Waals surface area contributed by atoms with Crippen LogP contribution >= 0.6 is 23.4 Å². The number of halogens is 1. The van der Waals surface area contributed by atoms with Crippen LogP contribution in [0.2, 0.25) is 5.02 Å². The Labute approximate surface area is 237 Å². The number of benzene rings is 3. The third-order valence-electron chi connectivity index (χ3n) is 5.59. The Balaban J connectivity index is 1.33. The molecular formula is C29H29ClN6O2S. The van der Waals surface area contributed by atoms with E-state index in [1.165, 1.54) is 11.8 Å². The number of carbonyl (C=O) groups excluding carboxylic acids is 1. The number of aromatic nitrogens is 3. The van der Waals surface area contributed by atoms with Gasteiger partial charge >= 0.3 is 0 Å². The number of hydrazone groups is 1. The maximum absolute atomic E-state index is 12.8. The van der Waals surface area contributed by atoms with Crippen molar-refractivity contribution in [1.82, 2.24) is 20.2 Å². The van der Waals surface area contributed by atoms with Gasteiger partial charge in [0.05, 0.1) is 18.0 Å². The smallest absolute Gasteiger partial charge is 0.253 e. The first-order valence-corrected chi connectivity index (χ1v) is 13.6. The fourth-order valence-electron chi connectivity index (χ4n) is 3.52. The van der Waals surface area contributed by atoms with E-state index in [9.17, 15) is 4.79 Å². The first-order chi connectivity index (χ1) is 19.0. The van der Waals surface area contributed by atoms with Crippen LogP contribution in [0.25, 0.3) is 0 Å². The standard InChI is InChI=1S/C29H29ClN6O2S/c1-3-17-36-27(19-31-25-15-13-24(30)14-16-25)33-35-29(36)39-21(2)28(37)34-32-18-23-11-7-8-12-26(23)38-20-22-9-5-4-6-10-22/h3-16,18,21,31H,1,17,19-20H2,2H3,(H,34,37)/b32-18-/t21-/m0/s1. The molecule has 3 aromatic carbocycles. The predicted octanol–water partition coefficient (Wildman–Crippen LogP) is 5.94. The minimum absolute atomic E-state index is 0.257. The zero-order valence-corrected chi connectivity index (χ0v) is 23.0. The van der Waals surface area contributed by atoms with Gasteiger partial charge < -0.3 is 14.6 Å². The predicted molar refractivity (Wildman–Crippen MR) is 157 cm³/mol. The Bertz CT molecular complexity index is 1410. The number of ether oxygens (including phenoxy) is 1. The number of allylic oxidation sites excluding steroid dienone is 1. The molecule has 0 spiro atoms. The minimum atomic E-state index is -0.462. The first-order valence-electron chi connectivity index (χ1n) is 12.3. The Kier molecular flexibility index (Phi) is 10.2. The summed E-state index contributed by atoms with van der Waals surface area (Å²) in [5, 5.41) is 16.9. The van der Waals surface area contributed by atoms with Crippen molar-refractivity contribution < 1.29 is 9.53 Å². The monoisotopic (exact) mass is 560 g/mol. The zero-order chi connectivity index (χ0) is 27.5. The summed E-state index contributed by atoms with van der Waals surface area (Å²) in [5.41, 5.74) is 5.36. The molecule has 0 aliphatic rings. The van der Waals surface area contributed by atoms with Crippen LogP contribution in [0.1, 0.15) is 23.9 Å². The number of hydrogen-bond acceptors (Lipinski definition) is 7. The van der Waals surface area contributed by atoms with Crippen molar-refractivity contribution in [3.05, 3.63) is 113 Å². The molecule has 4 rings (SSSR count). The van der Waals surface area contributed by atoms with E-state index < -0.39 is 5.25 Å². The zero-order valence-electron chi connectivity index (χ0n) is 21.5. The number of rotatable bonds is 13. The second-order valence-corrected chi connectivity index (χ2v) is 10.2. The average Bonchev–Trinajstić information content (AvgIpc) is 3.33. The van der Waals surface area contributed by atoms with Crippen LogP contribution in [0.5, 0.6) is 5.75 Å². The van der Waals surface area contributed by atoms with Crippen LogP contribution in [-0.4, -0.2) is 32.1 Å². The maximum Gasteiger partial charge on any atom is 0.253 e. The second-order valence-electron chi connectivity index (χ2n) is 8.46. The summed E-state index contributed by atoms with van der Waals surface area (Å²) in [6.45, 7) is 7.04. The molecule has 0 fully saturated rings. The number of anilines is 1. The molecule has 0 unspecified atom stereocenters. The highest BCUT2D eigenvalue weighted by Gasteiger charge is 2.19. The molecule has 8 nitrogen and oxygen atoms in total. The molecule has 0 bridgehead atoms. The summed E-state index contributed by atoms with van der Waals surface area (Å²) in [6, 6.07) is 24.9. The molecule has 1 atom stereocenters. The van der Waals surface area contributed by atoms with Gasteiger partial charge in [0.2, 0.25) is 0 Å². The Morgan fingerprint density at radius 3 is 2.62 bits per heavy atom. The minimum Gasteiger partial charge on any atom is -0.488 e. The van der Waals surface area contributed by atoms with Gasteiger partial charge in [0.1, 0.15) is 12.4 Å². The van der Waals surface area contributed by atoms with Gasteiger partial charge in [-0.1, -0.05) is 71.9 Å². The Morgan fingerprint density at radius 1 is 1.10 bits per heavy atom. The van der Waals surface area contributed by atoms with Crippen LogP contribution in [0, 0.1) is 0 Å². The lowest BCUT2D eigenvalue weighted by Gasteiger charge is -2.12. The van der Waals surface area contributed by atoms with Gasteiger partial charge in [0.15, 0.2) is 11.0 Å². The lowest BCUT2D eigenvalue weighted by Crippen LogP contribution is -2.27. The normalized spacial score (nSPS) is 11.7. The fourth-order valence-corrected chi connectivity index (χ4v) is 4.52. The summed E-state index contributed by atoms with van der Waals surface area (Å²) < 4.78 is 7.88. The Hall–Kier alpha value is -4.08. The van der Waals surface area contributed by atoms with E-state index in [0.717, 1.165) is 22.6 Å². The summed E-state index contributed by atoms with van der Waals surface area (Å²) in [7, 11) is 0. The molecular weight excluding hydrogens is 532 g/mol. The SMILES string of the molecule is C=CCn1c(CNc2ccc(Cl)cc2)nnc1S[C@@H](C)C(=O)N/N=C\c1ccccc1OCc1ccccc1. The third-order valence-corrected chi connectivity index (χ3v) is 6.92. The van der Waals surface area contributed by atoms with Gasteiger partial charge in [0.25, 0.3) is 5.91 Å². The van der Waals surface area contributed by atoms with Crippen molar-refractivity contribution in [2.24, 2.45) is 5.10 Å². The van der Waals surface area contributed by atoms with Crippen molar-refractivity contribution in [2.45, 2.75) is 37.0 Å². The molecule has 0 aliphatic carbocycles. The highest BCUT2D eigenvalue weighted by molar-refractivity contribution is 8.00. The van der Waals surface area contributed by atoms with Crippen LogP contribution in [-0.2, 0) is 24.5 Å². The average molecular weight is 561 g/mol. The second kappa shape index (κ2) is 14.2. The lowest BCUT2D eigenvalue weighted by atomic mass is 10.2. The molecule has 200 valence electrons. The number of amides is 1. The number of carbonyl (C=O) groups is 1. The molecule has 1 aromatic heterocycles. The molecule has 10 heteroatoms. The maximum atomic E-state index is 12.8. The van der Waals surface area contributed by atoms with Crippen LogP contribution < -0.4 is 15.5 Å². The van der Waals surface area contributed by atoms with E-state index in [1.54, 1.807) is 19.2 Å². The van der Waals surface area contributed by atoms with E-state index in [2.05, 4.69) is 32.6 Å². The lowest BCUT2D eigenvalue weighted by molar-refractivity contribution is -0.120. The first kappa shape index (κ1) is 27.9. The number of hydrogen-bond donors (Lipinski definition) is 2. The highest BCUT2D eigenvalue weighted by atomic mass is 35.5. The van der Waals surface area contributed by atoms with E-state index >= 15 is 0 Å². The van der Waals surface area contributed by atoms with Crippen molar-refractivity contribution in [3.63, 3.8) is 0 Å². The molecule has 39 heavy (non-hydrogen) atoms. The van der Waals surface area contributed by atoms with E-state index in [-0.39, 0.29) is 5.91 Å². The molecule has 0 saturated carbocycles. The van der Waals surface area contributed by atoms with Crippen molar-refractivity contribution in [2.75, 3.05) is 5.32 Å². The van der Waals surface area contributed by atoms with Gasteiger partial charge in [-0.25, -0.2) is 5.43 Å². The summed E-state index contributed by atoms with van der Waals surface area (Å²) in [4.78, 5) is 12.8. The van der Waals surface area contributed by atoms with Crippen LogP contribution in [0.15, 0.2) is 102 Å². The van der Waals surface area contributed by atoms with Crippen molar-refractivity contribution in [1.29, 1.82) is 0 Å².